The summed E-state index contributed by atoms with van der Waals surface area (Å²) in [5.74, 6) is 0.816. The molecule has 2 rings (SSSR count). The van der Waals surface area contributed by atoms with Gasteiger partial charge in [-0.2, -0.15) is 5.10 Å². The van der Waals surface area contributed by atoms with Crippen molar-refractivity contribution in [3.8, 4) is 5.69 Å². The number of hydrogen-bond acceptors (Lipinski definition) is 2. The van der Waals surface area contributed by atoms with Crippen molar-refractivity contribution in [3.63, 3.8) is 0 Å². The summed E-state index contributed by atoms with van der Waals surface area (Å²) in [6.07, 6.45) is 3.71. The van der Waals surface area contributed by atoms with E-state index in [4.69, 9.17) is 0 Å². The lowest BCUT2D eigenvalue weighted by Crippen LogP contribution is -2.40. The van der Waals surface area contributed by atoms with Gasteiger partial charge in [-0.1, -0.05) is 12.1 Å². The first-order chi connectivity index (χ1) is 9.69. The lowest BCUT2D eigenvalue weighted by Gasteiger charge is -2.14. The molecular formula is C15H22IN5. The van der Waals surface area contributed by atoms with Gasteiger partial charge in [0, 0.05) is 32.0 Å². The molecule has 1 heterocycles. The number of benzene rings is 1. The van der Waals surface area contributed by atoms with Gasteiger partial charge in [0.05, 0.1) is 5.69 Å². The molecule has 0 saturated carbocycles. The summed E-state index contributed by atoms with van der Waals surface area (Å²) in [7, 11) is 1.78. The van der Waals surface area contributed by atoms with Crippen LogP contribution in [0.15, 0.2) is 47.7 Å². The molecule has 2 N–H and O–H groups in total. The summed E-state index contributed by atoms with van der Waals surface area (Å²) in [4.78, 5) is 4.18. The lowest BCUT2D eigenvalue weighted by atomic mass is 10.2. The molecule has 6 heteroatoms. The molecule has 21 heavy (non-hydrogen) atoms. The predicted octanol–water partition coefficient (Wildman–Crippen LogP) is 2.56. The fourth-order valence-corrected chi connectivity index (χ4v) is 1.84. The van der Waals surface area contributed by atoms with Crippen LogP contribution in [0.3, 0.4) is 0 Å². The van der Waals surface area contributed by atoms with E-state index in [9.17, 15) is 0 Å². The Morgan fingerprint density at radius 3 is 2.52 bits per heavy atom. The maximum Gasteiger partial charge on any atom is 0.191 e. The number of nitrogens with zero attached hydrogens (tertiary/aromatic N) is 3. The van der Waals surface area contributed by atoms with Crippen LogP contribution >= 0.6 is 24.0 Å². The van der Waals surface area contributed by atoms with Gasteiger partial charge in [-0.25, -0.2) is 4.68 Å². The van der Waals surface area contributed by atoms with Crippen LogP contribution in [0.25, 0.3) is 5.69 Å². The maximum absolute atomic E-state index is 4.21. The van der Waals surface area contributed by atoms with E-state index in [1.807, 2.05) is 16.9 Å². The number of guanidine groups is 1. The summed E-state index contributed by atoms with van der Waals surface area (Å²) in [6.45, 7) is 4.92. The fourth-order valence-electron chi connectivity index (χ4n) is 1.84. The van der Waals surface area contributed by atoms with E-state index in [-0.39, 0.29) is 24.0 Å². The third kappa shape index (κ3) is 5.37. The monoisotopic (exact) mass is 399 g/mol. The Hall–Kier alpha value is -1.57. The number of halogens is 1. The summed E-state index contributed by atoms with van der Waals surface area (Å²) in [5, 5.41) is 10.8. The second kappa shape index (κ2) is 8.66. The minimum atomic E-state index is 0. The van der Waals surface area contributed by atoms with Crippen LogP contribution in [-0.2, 0) is 6.54 Å². The summed E-state index contributed by atoms with van der Waals surface area (Å²) in [5.41, 5.74) is 2.26. The van der Waals surface area contributed by atoms with Crippen LogP contribution in [0.2, 0.25) is 0 Å². The van der Waals surface area contributed by atoms with E-state index in [2.05, 4.69) is 58.8 Å². The van der Waals surface area contributed by atoms with Crippen molar-refractivity contribution in [2.24, 2.45) is 4.99 Å². The number of aromatic nitrogens is 2. The molecule has 0 unspecified atom stereocenters. The average molecular weight is 399 g/mol. The Morgan fingerprint density at radius 2 is 2.00 bits per heavy atom. The molecule has 0 atom stereocenters. The van der Waals surface area contributed by atoms with Crippen molar-refractivity contribution < 1.29 is 0 Å². The van der Waals surface area contributed by atoms with Crippen molar-refractivity contribution in [1.29, 1.82) is 0 Å². The topological polar surface area (TPSA) is 54.2 Å². The lowest BCUT2D eigenvalue weighted by molar-refractivity contribution is 0.699. The highest BCUT2D eigenvalue weighted by Gasteiger charge is 2.01. The number of nitrogens with one attached hydrogen (secondary N) is 2. The molecule has 0 radical (unpaired) electrons. The van der Waals surface area contributed by atoms with Gasteiger partial charge in [0.1, 0.15) is 0 Å². The molecule has 0 saturated heterocycles. The third-order valence-electron chi connectivity index (χ3n) is 2.81. The van der Waals surface area contributed by atoms with Gasteiger partial charge in [0.15, 0.2) is 5.96 Å². The SMILES string of the molecule is CN=C(NCc1ccc(-n2cccn2)cc1)NC(C)C.I. The molecule has 0 aliphatic carbocycles. The highest BCUT2D eigenvalue weighted by atomic mass is 127. The van der Waals surface area contributed by atoms with Crippen LogP contribution in [0.1, 0.15) is 19.4 Å². The Kier molecular flexibility index (Phi) is 7.21. The van der Waals surface area contributed by atoms with Gasteiger partial charge in [-0.3, -0.25) is 4.99 Å². The number of rotatable bonds is 4. The third-order valence-corrected chi connectivity index (χ3v) is 2.81. The molecule has 0 aliphatic rings. The van der Waals surface area contributed by atoms with Crippen LogP contribution < -0.4 is 10.6 Å². The standard InChI is InChI=1S/C15H21N5.HI/c1-12(2)19-15(16-3)17-11-13-5-7-14(8-6-13)20-10-4-9-18-20;/h4-10,12H,11H2,1-3H3,(H2,16,17,19);1H. The Labute approximate surface area is 142 Å². The van der Waals surface area contributed by atoms with Crippen molar-refractivity contribution in [3.05, 3.63) is 48.3 Å². The zero-order valence-corrected chi connectivity index (χ0v) is 14.9. The Morgan fingerprint density at radius 1 is 1.29 bits per heavy atom. The molecular weight excluding hydrogens is 377 g/mol. The summed E-state index contributed by atoms with van der Waals surface area (Å²) in [6, 6.07) is 10.6. The van der Waals surface area contributed by atoms with Crippen LogP contribution in [0.5, 0.6) is 0 Å². The molecule has 2 aromatic rings. The van der Waals surface area contributed by atoms with Gasteiger partial charge in [-0.15, -0.1) is 24.0 Å². The first-order valence-corrected chi connectivity index (χ1v) is 6.75. The summed E-state index contributed by atoms with van der Waals surface area (Å²) < 4.78 is 1.84. The van der Waals surface area contributed by atoms with Gasteiger partial charge in [0.2, 0.25) is 0 Å². The van der Waals surface area contributed by atoms with E-state index < -0.39 is 0 Å². The molecule has 1 aromatic carbocycles. The minimum absolute atomic E-state index is 0. The quantitative estimate of drug-likeness (QED) is 0.472. The first kappa shape index (κ1) is 17.5. The summed E-state index contributed by atoms with van der Waals surface area (Å²) >= 11 is 0. The normalized spacial score (nSPS) is 11.1. The largest absolute Gasteiger partial charge is 0.354 e. The molecule has 114 valence electrons. The first-order valence-electron chi connectivity index (χ1n) is 6.75. The van der Waals surface area contributed by atoms with Gasteiger partial charge < -0.3 is 10.6 Å². The van der Waals surface area contributed by atoms with Gasteiger partial charge in [0.25, 0.3) is 0 Å². The van der Waals surface area contributed by atoms with E-state index in [0.29, 0.717) is 6.04 Å². The second-order valence-corrected chi connectivity index (χ2v) is 4.84. The van der Waals surface area contributed by atoms with E-state index in [1.165, 1.54) is 5.56 Å². The van der Waals surface area contributed by atoms with Crippen LogP contribution in [0.4, 0.5) is 0 Å². The van der Waals surface area contributed by atoms with Gasteiger partial charge in [-0.05, 0) is 37.6 Å². The predicted molar refractivity (Wildman–Crippen MR) is 97.4 cm³/mol. The zero-order chi connectivity index (χ0) is 14.4. The Balaban J connectivity index is 0.00000220. The Bertz CT molecular complexity index is 546. The molecule has 1 aromatic heterocycles. The molecule has 0 spiro atoms. The molecule has 0 bridgehead atoms. The van der Waals surface area contributed by atoms with Crippen molar-refractivity contribution >= 4 is 29.9 Å². The van der Waals surface area contributed by atoms with Crippen molar-refractivity contribution in [1.82, 2.24) is 20.4 Å². The molecule has 0 fully saturated rings. The maximum atomic E-state index is 4.21. The van der Waals surface area contributed by atoms with Gasteiger partial charge >= 0.3 is 0 Å². The molecule has 0 amide bonds. The second-order valence-electron chi connectivity index (χ2n) is 4.84. The average Bonchev–Trinajstić information content (AvgIpc) is 2.97. The van der Waals surface area contributed by atoms with Crippen molar-refractivity contribution in [2.45, 2.75) is 26.4 Å². The molecule has 5 nitrogen and oxygen atoms in total. The van der Waals surface area contributed by atoms with E-state index in [0.717, 1.165) is 18.2 Å². The number of aliphatic imine (C=N–C) groups is 1. The fraction of sp³-hybridized carbons (Fsp3) is 0.333. The van der Waals surface area contributed by atoms with Crippen molar-refractivity contribution in [2.75, 3.05) is 7.05 Å². The highest BCUT2D eigenvalue weighted by molar-refractivity contribution is 14.0. The van der Waals surface area contributed by atoms with E-state index >= 15 is 0 Å². The van der Waals surface area contributed by atoms with Crippen LogP contribution in [-0.4, -0.2) is 28.8 Å². The molecule has 0 aliphatic heterocycles. The highest BCUT2D eigenvalue weighted by Crippen LogP contribution is 2.08. The van der Waals surface area contributed by atoms with E-state index in [1.54, 1.807) is 13.2 Å². The minimum Gasteiger partial charge on any atom is -0.354 e. The van der Waals surface area contributed by atoms with Crippen LogP contribution in [0, 0.1) is 0 Å². The smallest absolute Gasteiger partial charge is 0.191 e. The number of hydrogen-bond donors (Lipinski definition) is 2. The zero-order valence-electron chi connectivity index (χ0n) is 12.6.